The molecule has 118 valence electrons. The molecule has 0 atom stereocenters. The summed E-state index contributed by atoms with van der Waals surface area (Å²) >= 11 is 0. The lowest BCUT2D eigenvalue weighted by atomic mass is 9.78. The fourth-order valence-corrected chi connectivity index (χ4v) is 4.08. The van der Waals surface area contributed by atoms with E-state index in [4.69, 9.17) is 0 Å². The van der Waals surface area contributed by atoms with Gasteiger partial charge in [-0.3, -0.25) is 0 Å². The van der Waals surface area contributed by atoms with Gasteiger partial charge in [-0.15, -0.1) is 0 Å². The maximum atomic E-state index is 3.67. The topological polar surface area (TPSA) is 15.3 Å². The van der Waals surface area contributed by atoms with Crippen molar-refractivity contribution in [1.82, 2.24) is 10.2 Å². The Morgan fingerprint density at radius 2 is 1.70 bits per heavy atom. The van der Waals surface area contributed by atoms with Gasteiger partial charge in [0.05, 0.1) is 0 Å². The van der Waals surface area contributed by atoms with Crippen molar-refractivity contribution in [1.29, 1.82) is 0 Å². The van der Waals surface area contributed by atoms with Crippen LogP contribution in [0.15, 0.2) is 0 Å². The number of nitrogens with one attached hydrogen (secondary N) is 1. The van der Waals surface area contributed by atoms with Crippen LogP contribution < -0.4 is 5.32 Å². The lowest BCUT2D eigenvalue weighted by Gasteiger charge is -2.40. The second kappa shape index (κ2) is 8.38. The molecule has 2 fully saturated rings. The predicted molar refractivity (Wildman–Crippen MR) is 88.1 cm³/mol. The molecule has 2 aliphatic rings. The minimum atomic E-state index is 0.562. The Morgan fingerprint density at radius 1 is 1.00 bits per heavy atom. The molecule has 0 aromatic carbocycles. The summed E-state index contributed by atoms with van der Waals surface area (Å²) in [7, 11) is 0. The Kier molecular flexibility index (Phi) is 6.83. The van der Waals surface area contributed by atoms with Crippen molar-refractivity contribution in [3.63, 3.8) is 0 Å². The van der Waals surface area contributed by atoms with E-state index in [1.807, 2.05) is 0 Å². The van der Waals surface area contributed by atoms with Gasteiger partial charge in [0.25, 0.3) is 0 Å². The first-order chi connectivity index (χ1) is 9.78. The highest BCUT2D eigenvalue weighted by Gasteiger charge is 2.33. The predicted octanol–water partition coefficient (Wildman–Crippen LogP) is 4.06. The molecule has 2 rings (SSSR count). The zero-order valence-electron chi connectivity index (χ0n) is 13.9. The Bertz CT molecular complexity index is 252. The zero-order valence-corrected chi connectivity index (χ0v) is 13.9. The molecule has 20 heavy (non-hydrogen) atoms. The van der Waals surface area contributed by atoms with Gasteiger partial charge in [-0.25, -0.2) is 0 Å². The number of rotatable bonds is 8. The molecule has 2 aliphatic carbocycles. The minimum absolute atomic E-state index is 0.562. The average molecular weight is 280 g/mol. The zero-order chi connectivity index (χ0) is 14.3. The van der Waals surface area contributed by atoms with Gasteiger partial charge in [-0.05, 0) is 50.1 Å². The largest absolute Gasteiger partial charge is 0.316 e. The summed E-state index contributed by atoms with van der Waals surface area (Å²) in [6.07, 6.45) is 13.2. The first-order valence-corrected chi connectivity index (χ1v) is 9.21. The molecule has 2 heteroatoms. The smallest absolute Gasteiger partial charge is 0.00501 e. The molecule has 0 amide bonds. The van der Waals surface area contributed by atoms with E-state index >= 15 is 0 Å². The highest BCUT2D eigenvalue weighted by molar-refractivity contribution is 4.87. The molecule has 0 aromatic heterocycles. The highest BCUT2D eigenvalue weighted by atomic mass is 15.1. The van der Waals surface area contributed by atoms with Gasteiger partial charge < -0.3 is 10.2 Å². The van der Waals surface area contributed by atoms with Gasteiger partial charge in [-0.2, -0.15) is 0 Å². The van der Waals surface area contributed by atoms with Crippen LogP contribution >= 0.6 is 0 Å². The van der Waals surface area contributed by atoms with Gasteiger partial charge in [0.1, 0.15) is 0 Å². The first-order valence-electron chi connectivity index (χ1n) is 9.21. The van der Waals surface area contributed by atoms with Crippen LogP contribution in [-0.2, 0) is 0 Å². The summed E-state index contributed by atoms with van der Waals surface area (Å²) in [5.41, 5.74) is 0.562. The molecule has 0 bridgehead atoms. The summed E-state index contributed by atoms with van der Waals surface area (Å²) in [6, 6.07) is 0. The van der Waals surface area contributed by atoms with E-state index < -0.39 is 0 Å². The third-order valence-electron chi connectivity index (χ3n) is 5.66. The summed E-state index contributed by atoms with van der Waals surface area (Å²) in [4.78, 5) is 2.77. The van der Waals surface area contributed by atoms with Gasteiger partial charge in [0.2, 0.25) is 0 Å². The van der Waals surface area contributed by atoms with Crippen molar-refractivity contribution in [2.75, 3.05) is 32.7 Å². The Balaban J connectivity index is 1.92. The number of hydrogen-bond donors (Lipinski definition) is 1. The van der Waals surface area contributed by atoms with E-state index in [-0.39, 0.29) is 0 Å². The van der Waals surface area contributed by atoms with E-state index in [1.54, 1.807) is 0 Å². The van der Waals surface area contributed by atoms with Crippen LogP contribution in [0.2, 0.25) is 0 Å². The van der Waals surface area contributed by atoms with Crippen molar-refractivity contribution in [3.05, 3.63) is 0 Å². The quantitative estimate of drug-likeness (QED) is 0.675. The second-order valence-corrected chi connectivity index (χ2v) is 7.32. The summed E-state index contributed by atoms with van der Waals surface area (Å²) in [5.74, 6) is 1.01. The average Bonchev–Trinajstić information content (AvgIpc) is 2.65. The number of nitrogens with zero attached hydrogens (tertiary/aromatic N) is 1. The summed E-state index contributed by atoms with van der Waals surface area (Å²) in [5, 5.41) is 3.67. The molecule has 0 heterocycles. The molecule has 0 saturated heterocycles. The van der Waals surface area contributed by atoms with Crippen LogP contribution in [0.25, 0.3) is 0 Å². The maximum Gasteiger partial charge on any atom is 0.00501 e. The van der Waals surface area contributed by atoms with Crippen molar-refractivity contribution in [3.8, 4) is 0 Å². The molecule has 2 saturated carbocycles. The Morgan fingerprint density at radius 3 is 2.20 bits per heavy atom. The van der Waals surface area contributed by atoms with Gasteiger partial charge in [0.15, 0.2) is 0 Å². The van der Waals surface area contributed by atoms with Crippen LogP contribution in [-0.4, -0.2) is 37.6 Å². The van der Waals surface area contributed by atoms with Gasteiger partial charge in [-0.1, -0.05) is 46.0 Å². The van der Waals surface area contributed by atoms with Crippen molar-refractivity contribution in [2.24, 2.45) is 11.3 Å². The lowest BCUT2D eigenvalue weighted by molar-refractivity contribution is 0.101. The van der Waals surface area contributed by atoms with E-state index in [2.05, 4.69) is 24.1 Å². The lowest BCUT2D eigenvalue weighted by Crippen LogP contribution is -2.46. The van der Waals surface area contributed by atoms with Gasteiger partial charge >= 0.3 is 0 Å². The molecule has 2 nitrogen and oxygen atoms in total. The molecule has 0 unspecified atom stereocenters. The van der Waals surface area contributed by atoms with Gasteiger partial charge in [0, 0.05) is 19.6 Å². The van der Waals surface area contributed by atoms with E-state index in [9.17, 15) is 0 Å². The Labute approximate surface area is 126 Å². The van der Waals surface area contributed by atoms with Crippen LogP contribution in [0.3, 0.4) is 0 Å². The molecule has 0 spiro atoms. The monoisotopic (exact) mass is 280 g/mol. The fourth-order valence-electron chi connectivity index (χ4n) is 4.08. The van der Waals surface area contributed by atoms with Crippen molar-refractivity contribution >= 4 is 0 Å². The van der Waals surface area contributed by atoms with Crippen molar-refractivity contribution < 1.29 is 0 Å². The Hall–Kier alpha value is -0.0800. The fraction of sp³-hybridized carbons (Fsp3) is 1.00. The van der Waals surface area contributed by atoms with Crippen LogP contribution in [0.4, 0.5) is 0 Å². The standard InChI is InChI=1S/C18H36N2/c1-3-19-15-18(12-7-5-6-8-13-18)16-20(4-2)14-17-10-9-11-17/h17,19H,3-16H2,1-2H3. The maximum absolute atomic E-state index is 3.67. The molecule has 0 aromatic rings. The molecule has 0 aliphatic heterocycles. The summed E-state index contributed by atoms with van der Waals surface area (Å²) in [6.45, 7) is 10.9. The molecular weight excluding hydrogens is 244 g/mol. The van der Waals surface area contributed by atoms with E-state index in [1.165, 1.54) is 84.0 Å². The summed E-state index contributed by atoms with van der Waals surface area (Å²) < 4.78 is 0. The minimum Gasteiger partial charge on any atom is -0.316 e. The van der Waals surface area contributed by atoms with Crippen LogP contribution in [0, 0.1) is 11.3 Å². The first kappa shape index (κ1) is 16.3. The van der Waals surface area contributed by atoms with Crippen LogP contribution in [0.1, 0.15) is 71.6 Å². The SMILES string of the molecule is CCNCC1(CN(CC)CC2CCC2)CCCCCC1. The normalized spacial score (nSPS) is 23.6. The van der Waals surface area contributed by atoms with Crippen LogP contribution in [0.5, 0.6) is 0 Å². The third kappa shape index (κ3) is 4.73. The van der Waals surface area contributed by atoms with Crippen molar-refractivity contribution in [2.45, 2.75) is 71.6 Å². The van der Waals surface area contributed by atoms with E-state index in [0.717, 1.165) is 12.5 Å². The molecule has 1 N–H and O–H groups in total. The molecule has 0 radical (unpaired) electrons. The second-order valence-electron chi connectivity index (χ2n) is 7.32. The molecular formula is C18H36N2. The third-order valence-corrected chi connectivity index (χ3v) is 5.66. The number of hydrogen-bond acceptors (Lipinski definition) is 2. The highest BCUT2D eigenvalue weighted by Crippen LogP contribution is 2.36. The van der Waals surface area contributed by atoms with E-state index in [0.29, 0.717) is 5.41 Å².